The molecule has 1 aliphatic heterocycles. The topological polar surface area (TPSA) is 35.5 Å². The summed E-state index contributed by atoms with van der Waals surface area (Å²) in [5.41, 5.74) is 0. The van der Waals surface area contributed by atoms with Gasteiger partial charge in [0.15, 0.2) is 0 Å². The summed E-state index contributed by atoms with van der Waals surface area (Å²) in [6.07, 6.45) is 7.04. The second-order valence-corrected chi connectivity index (χ2v) is 1.84. The fourth-order valence-electron chi connectivity index (χ4n) is 0.717. The number of hydroxylamine groups is 2. The molecule has 0 aromatic carbocycles. The Morgan fingerprint density at radius 2 is 2.33 bits per heavy atom. The third-order valence-electron chi connectivity index (χ3n) is 1.22. The minimum atomic E-state index is -0.0741. The zero-order valence-corrected chi connectivity index (χ0v) is 5.28. The molecule has 0 aromatic heterocycles. The van der Waals surface area contributed by atoms with Crippen LogP contribution in [0.25, 0.3) is 0 Å². The number of hydrogen-bond donors (Lipinski definition) is 2. The first-order valence-corrected chi connectivity index (χ1v) is 2.84. The molecular formula is C6H10N2O. The van der Waals surface area contributed by atoms with E-state index in [2.05, 4.69) is 5.32 Å². The molecule has 0 aromatic rings. The van der Waals surface area contributed by atoms with Crippen LogP contribution < -0.4 is 5.32 Å². The van der Waals surface area contributed by atoms with Crippen molar-refractivity contribution in [3.63, 3.8) is 0 Å². The molecule has 1 aliphatic rings. The number of likely N-dealkylation sites (N-methyl/N-ethyl adjacent to an activating group) is 1. The molecule has 1 unspecified atom stereocenters. The molecule has 0 radical (unpaired) electrons. The number of rotatable bonds is 1. The molecule has 0 saturated carbocycles. The Bertz CT molecular complexity index is 142. The fraction of sp³-hybridized carbons (Fsp3) is 0.333. The van der Waals surface area contributed by atoms with Gasteiger partial charge in [0.2, 0.25) is 0 Å². The second-order valence-electron chi connectivity index (χ2n) is 1.84. The Morgan fingerprint density at radius 1 is 1.56 bits per heavy atom. The van der Waals surface area contributed by atoms with Crippen LogP contribution in [0.15, 0.2) is 24.4 Å². The van der Waals surface area contributed by atoms with E-state index in [1.807, 2.05) is 12.2 Å². The molecular weight excluding hydrogens is 116 g/mol. The Morgan fingerprint density at radius 3 is 2.78 bits per heavy atom. The molecule has 1 atom stereocenters. The summed E-state index contributed by atoms with van der Waals surface area (Å²) in [4.78, 5) is 0. The number of nitrogens with one attached hydrogen (secondary N) is 1. The normalized spacial score (nSPS) is 25.1. The Balaban J connectivity index is 2.55. The highest BCUT2D eigenvalue weighted by Crippen LogP contribution is 2.00. The maximum Gasteiger partial charge on any atom is 0.124 e. The summed E-state index contributed by atoms with van der Waals surface area (Å²) >= 11 is 0. The van der Waals surface area contributed by atoms with E-state index in [1.165, 1.54) is 0 Å². The van der Waals surface area contributed by atoms with E-state index in [1.54, 1.807) is 19.3 Å². The van der Waals surface area contributed by atoms with E-state index in [0.717, 1.165) is 5.06 Å². The molecule has 0 saturated heterocycles. The van der Waals surface area contributed by atoms with Crippen LogP contribution in [-0.2, 0) is 0 Å². The predicted molar refractivity (Wildman–Crippen MR) is 34.8 cm³/mol. The molecule has 1 rings (SSSR count). The molecule has 3 heteroatoms. The lowest BCUT2D eigenvalue weighted by Crippen LogP contribution is -2.38. The number of hydrogen-bond acceptors (Lipinski definition) is 3. The average molecular weight is 126 g/mol. The molecule has 1 heterocycles. The van der Waals surface area contributed by atoms with Crippen LogP contribution in [0.2, 0.25) is 0 Å². The van der Waals surface area contributed by atoms with Gasteiger partial charge in [-0.05, 0) is 19.2 Å². The molecule has 2 N–H and O–H groups in total. The van der Waals surface area contributed by atoms with Gasteiger partial charge >= 0.3 is 0 Å². The average Bonchev–Trinajstić information content (AvgIpc) is 1.89. The largest absolute Gasteiger partial charge is 0.295 e. The van der Waals surface area contributed by atoms with Crippen molar-refractivity contribution in [1.29, 1.82) is 0 Å². The lowest BCUT2D eigenvalue weighted by atomic mass is 10.3. The summed E-state index contributed by atoms with van der Waals surface area (Å²) in [5.74, 6) is 0. The van der Waals surface area contributed by atoms with Crippen molar-refractivity contribution < 1.29 is 5.21 Å². The van der Waals surface area contributed by atoms with Crippen LogP contribution in [-0.4, -0.2) is 23.5 Å². The fourth-order valence-corrected chi connectivity index (χ4v) is 0.717. The van der Waals surface area contributed by atoms with Crippen LogP contribution in [0.5, 0.6) is 0 Å². The monoisotopic (exact) mass is 126 g/mol. The third kappa shape index (κ3) is 1.31. The summed E-state index contributed by atoms with van der Waals surface area (Å²) < 4.78 is 0. The zero-order chi connectivity index (χ0) is 6.69. The van der Waals surface area contributed by atoms with Crippen molar-refractivity contribution in [2.24, 2.45) is 0 Å². The first-order valence-electron chi connectivity index (χ1n) is 2.84. The van der Waals surface area contributed by atoms with Gasteiger partial charge in [-0.25, -0.2) is 5.06 Å². The van der Waals surface area contributed by atoms with Gasteiger partial charge in [-0.3, -0.25) is 10.5 Å². The Hall–Kier alpha value is -0.800. The van der Waals surface area contributed by atoms with E-state index in [9.17, 15) is 0 Å². The summed E-state index contributed by atoms with van der Waals surface area (Å²) in [7, 11) is 1.79. The highest BCUT2D eigenvalue weighted by Gasteiger charge is 2.07. The quantitative estimate of drug-likeness (QED) is 0.530. The number of nitrogens with zero attached hydrogens (tertiary/aromatic N) is 1. The number of allylic oxidation sites excluding steroid dienone is 2. The smallest absolute Gasteiger partial charge is 0.124 e. The van der Waals surface area contributed by atoms with Gasteiger partial charge in [-0.15, -0.1) is 0 Å². The van der Waals surface area contributed by atoms with Gasteiger partial charge in [0.25, 0.3) is 0 Å². The van der Waals surface area contributed by atoms with Gasteiger partial charge in [0.05, 0.1) is 0 Å². The molecule has 9 heavy (non-hydrogen) atoms. The lowest BCUT2D eigenvalue weighted by Gasteiger charge is -2.22. The minimum Gasteiger partial charge on any atom is -0.295 e. The van der Waals surface area contributed by atoms with Crippen molar-refractivity contribution >= 4 is 0 Å². The van der Waals surface area contributed by atoms with Crippen LogP contribution in [0.4, 0.5) is 0 Å². The van der Waals surface area contributed by atoms with Crippen LogP contribution in [0.3, 0.4) is 0 Å². The minimum absolute atomic E-state index is 0.0741. The van der Waals surface area contributed by atoms with Crippen LogP contribution >= 0.6 is 0 Å². The molecule has 3 nitrogen and oxygen atoms in total. The van der Waals surface area contributed by atoms with Gasteiger partial charge in [-0.2, -0.15) is 0 Å². The van der Waals surface area contributed by atoms with E-state index in [-0.39, 0.29) is 6.17 Å². The van der Waals surface area contributed by atoms with Crippen molar-refractivity contribution in [2.75, 3.05) is 7.05 Å². The molecule has 50 valence electrons. The summed E-state index contributed by atoms with van der Waals surface area (Å²) in [5, 5.41) is 13.0. The first-order chi connectivity index (χ1) is 4.34. The van der Waals surface area contributed by atoms with Crippen molar-refractivity contribution in [3.05, 3.63) is 24.4 Å². The maximum absolute atomic E-state index is 9.00. The lowest BCUT2D eigenvalue weighted by molar-refractivity contribution is -0.0729. The highest BCUT2D eigenvalue weighted by atomic mass is 16.5. The van der Waals surface area contributed by atoms with E-state index >= 15 is 0 Å². The van der Waals surface area contributed by atoms with Gasteiger partial charge < -0.3 is 0 Å². The van der Waals surface area contributed by atoms with Gasteiger partial charge in [0.1, 0.15) is 6.17 Å². The van der Waals surface area contributed by atoms with Crippen molar-refractivity contribution in [3.8, 4) is 0 Å². The molecule has 0 spiro atoms. The predicted octanol–water partition coefficient (Wildman–Crippen LogP) is 0.307. The Kier molecular flexibility index (Phi) is 1.87. The van der Waals surface area contributed by atoms with E-state index in [0.29, 0.717) is 0 Å². The van der Waals surface area contributed by atoms with Crippen molar-refractivity contribution in [2.45, 2.75) is 6.17 Å². The molecule has 0 aliphatic carbocycles. The summed E-state index contributed by atoms with van der Waals surface area (Å²) in [6, 6.07) is 0. The van der Waals surface area contributed by atoms with Crippen LogP contribution in [0.1, 0.15) is 0 Å². The zero-order valence-electron chi connectivity index (χ0n) is 5.28. The maximum atomic E-state index is 9.00. The SMILES string of the molecule is CNC1C=CC=CN1O. The third-order valence-corrected chi connectivity index (χ3v) is 1.22. The van der Waals surface area contributed by atoms with Crippen LogP contribution in [0, 0.1) is 0 Å². The molecule has 0 bridgehead atoms. The first kappa shape index (κ1) is 6.32. The second kappa shape index (κ2) is 2.66. The van der Waals surface area contributed by atoms with E-state index in [4.69, 9.17) is 5.21 Å². The highest BCUT2D eigenvalue weighted by molar-refractivity contribution is 5.10. The van der Waals surface area contributed by atoms with Gasteiger partial charge in [0, 0.05) is 6.20 Å². The summed E-state index contributed by atoms with van der Waals surface area (Å²) in [6.45, 7) is 0. The molecule has 0 fully saturated rings. The standard InChI is InChI=1S/C6H10N2O/c1-7-6-4-2-3-5-8(6)9/h2-7,9H,1H3. The van der Waals surface area contributed by atoms with Crippen molar-refractivity contribution in [1.82, 2.24) is 10.4 Å². The Labute approximate surface area is 54.2 Å². The van der Waals surface area contributed by atoms with E-state index < -0.39 is 0 Å². The molecule has 0 amide bonds. The van der Waals surface area contributed by atoms with Gasteiger partial charge in [-0.1, -0.05) is 6.08 Å².